The van der Waals surface area contributed by atoms with Crippen molar-refractivity contribution in [1.82, 2.24) is 0 Å². The Morgan fingerprint density at radius 2 is 1.42 bits per heavy atom. The van der Waals surface area contributed by atoms with E-state index >= 15 is 0 Å². The highest BCUT2D eigenvalue weighted by Gasteiger charge is 2.38. The summed E-state index contributed by atoms with van der Waals surface area (Å²) in [6.45, 7) is 0. The molecule has 5 nitrogen and oxygen atoms in total. The van der Waals surface area contributed by atoms with Gasteiger partial charge in [0.25, 0.3) is 0 Å². The van der Waals surface area contributed by atoms with Gasteiger partial charge in [0.05, 0.1) is 14.2 Å². The van der Waals surface area contributed by atoms with Gasteiger partial charge >= 0.3 is 12.1 Å². The van der Waals surface area contributed by atoms with E-state index < -0.39 is 17.9 Å². The van der Waals surface area contributed by atoms with Gasteiger partial charge in [-0.1, -0.05) is 12.1 Å². The van der Waals surface area contributed by atoms with Crippen LogP contribution in [0.1, 0.15) is 0 Å². The number of ether oxygens (including phenoxy) is 2. The fourth-order valence-electron chi connectivity index (χ4n) is 3.29. The number of hydrogen-bond acceptors (Lipinski definition) is 4. The van der Waals surface area contributed by atoms with Crippen molar-refractivity contribution in [2.75, 3.05) is 38.5 Å². The molecule has 0 aliphatic carbocycles. The van der Waals surface area contributed by atoms with Crippen molar-refractivity contribution >= 4 is 17.3 Å². The predicted molar refractivity (Wildman–Crippen MR) is 119 cm³/mol. The standard InChI is InChI=1S/C24H22F4N2O3/c1-30(2)16-8-5-14(6-9-16)18-12-22(33-4)19(13-21(18)32-3)17-10-7-15(11-20(17)25)29-23(31)24(26,27)28/h5-13H,1-4H3,(H,29,31). The van der Waals surface area contributed by atoms with Crippen molar-refractivity contribution in [2.24, 2.45) is 0 Å². The van der Waals surface area contributed by atoms with Crippen LogP contribution >= 0.6 is 0 Å². The number of amides is 1. The van der Waals surface area contributed by atoms with Gasteiger partial charge in [0.15, 0.2) is 0 Å². The summed E-state index contributed by atoms with van der Waals surface area (Å²) >= 11 is 0. The van der Waals surface area contributed by atoms with E-state index in [0.717, 1.165) is 22.9 Å². The van der Waals surface area contributed by atoms with Gasteiger partial charge in [-0.2, -0.15) is 13.2 Å². The molecule has 1 amide bonds. The maximum Gasteiger partial charge on any atom is 0.471 e. The van der Waals surface area contributed by atoms with Crippen LogP contribution in [0.2, 0.25) is 0 Å². The summed E-state index contributed by atoms with van der Waals surface area (Å²) in [7, 11) is 6.78. The number of rotatable bonds is 6. The van der Waals surface area contributed by atoms with Crippen molar-refractivity contribution in [3.05, 3.63) is 60.4 Å². The third-order valence-electron chi connectivity index (χ3n) is 4.99. The average molecular weight is 462 g/mol. The van der Waals surface area contributed by atoms with Crippen LogP contribution in [0.5, 0.6) is 11.5 Å². The molecule has 3 rings (SSSR count). The van der Waals surface area contributed by atoms with Crippen LogP contribution in [0.4, 0.5) is 28.9 Å². The third-order valence-corrected chi connectivity index (χ3v) is 4.99. The van der Waals surface area contributed by atoms with Crippen molar-refractivity contribution in [2.45, 2.75) is 6.18 Å². The van der Waals surface area contributed by atoms with Crippen LogP contribution in [0.15, 0.2) is 54.6 Å². The minimum atomic E-state index is -5.08. The first-order chi connectivity index (χ1) is 15.5. The molecule has 0 aliphatic heterocycles. The predicted octanol–water partition coefficient (Wildman–Crippen LogP) is 5.74. The zero-order valence-corrected chi connectivity index (χ0v) is 18.4. The Hall–Kier alpha value is -3.75. The van der Waals surface area contributed by atoms with Crippen molar-refractivity contribution in [1.29, 1.82) is 0 Å². The van der Waals surface area contributed by atoms with E-state index in [0.29, 0.717) is 17.1 Å². The van der Waals surface area contributed by atoms with Crippen LogP contribution in [0.3, 0.4) is 0 Å². The van der Waals surface area contributed by atoms with E-state index in [-0.39, 0.29) is 11.3 Å². The number of halogens is 4. The number of nitrogens with one attached hydrogen (secondary N) is 1. The molecule has 174 valence electrons. The van der Waals surface area contributed by atoms with Crippen LogP contribution in [0.25, 0.3) is 22.3 Å². The average Bonchev–Trinajstić information content (AvgIpc) is 2.77. The molecule has 0 radical (unpaired) electrons. The number of carbonyl (C=O) groups excluding carboxylic acids is 1. The zero-order valence-electron chi connectivity index (χ0n) is 18.4. The van der Waals surface area contributed by atoms with Gasteiger partial charge in [0, 0.05) is 42.2 Å². The molecule has 0 atom stereocenters. The molecule has 0 saturated carbocycles. The van der Waals surface area contributed by atoms with E-state index in [4.69, 9.17) is 9.47 Å². The molecular formula is C24H22F4N2O3. The van der Waals surface area contributed by atoms with E-state index in [1.807, 2.05) is 43.3 Å². The lowest BCUT2D eigenvalue weighted by Gasteiger charge is -2.17. The molecule has 0 spiro atoms. The molecule has 0 unspecified atom stereocenters. The van der Waals surface area contributed by atoms with Crippen molar-refractivity contribution < 1.29 is 31.8 Å². The van der Waals surface area contributed by atoms with Gasteiger partial charge in [-0.05, 0) is 48.0 Å². The lowest BCUT2D eigenvalue weighted by atomic mass is 9.97. The molecule has 1 N–H and O–H groups in total. The Kier molecular flexibility index (Phi) is 6.81. The quantitative estimate of drug-likeness (QED) is 0.475. The second-order valence-corrected chi connectivity index (χ2v) is 7.34. The number of carbonyl (C=O) groups is 1. The van der Waals surface area contributed by atoms with Gasteiger partial charge in [0.1, 0.15) is 17.3 Å². The normalized spacial score (nSPS) is 11.2. The van der Waals surface area contributed by atoms with Crippen LogP contribution in [0, 0.1) is 5.82 Å². The number of alkyl halides is 3. The second-order valence-electron chi connectivity index (χ2n) is 7.34. The summed E-state index contributed by atoms with van der Waals surface area (Å²) in [5.41, 5.74) is 2.69. The van der Waals surface area contributed by atoms with E-state index in [1.54, 1.807) is 17.4 Å². The van der Waals surface area contributed by atoms with Crippen LogP contribution < -0.4 is 19.7 Å². The number of nitrogens with zero attached hydrogens (tertiary/aromatic N) is 1. The Morgan fingerprint density at radius 3 is 1.94 bits per heavy atom. The molecule has 0 fully saturated rings. The maximum absolute atomic E-state index is 14.8. The molecule has 9 heteroatoms. The molecule has 3 aromatic rings. The lowest BCUT2D eigenvalue weighted by molar-refractivity contribution is -0.167. The van der Waals surface area contributed by atoms with E-state index in [1.165, 1.54) is 26.4 Å². The van der Waals surface area contributed by atoms with Gasteiger partial charge < -0.3 is 19.7 Å². The summed E-state index contributed by atoms with van der Waals surface area (Å²) in [6.07, 6.45) is -5.08. The molecule has 3 aromatic carbocycles. The Bertz CT molecular complexity index is 1160. The van der Waals surface area contributed by atoms with Crippen molar-refractivity contribution in [3.63, 3.8) is 0 Å². The zero-order chi connectivity index (χ0) is 24.3. The first-order valence-corrected chi connectivity index (χ1v) is 9.77. The van der Waals surface area contributed by atoms with Crippen LogP contribution in [-0.2, 0) is 4.79 Å². The number of anilines is 2. The maximum atomic E-state index is 14.8. The highest BCUT2D eigenvalue weighted by Crippen LogP contribution is 2.42. The second kappa shape index (κ2) is 9.40. The first kappa shape index (κ1) is 23.9. The monoisotopic (exact) mass is 462 g/mol. The summed E-state index contributed by atoms with van der Waals surface area (Å²) in [5.74, 6) is -2.22. The van der Waals surface area contributed by atoms with Crippen molar-refractivity contribution in [3.8, 4) is 33.8 Å². The lowest BCUT2D eigenvalue weighted by Crippen LogP contribution is -2.29. The molecule has 33 heavy (non-hydrogen) atoms. The fourth-order valence-corrected chi connectivity index (χ4v) is 3.29. The summed E-state index contributed by atoms with van der Waals surface area (Å²) in [6, 6.07) is 14.3. The Balaban J connectivity index is 2.02. The Morgan fingerprint density at radius 1 is 0.848 bits per heavy atom. The Labute approximate surface area is 188 Å². The van der Waals surface area contributed by atoms with E-state index in [9.17, 15) is 22.4 Å². The highest BCUT2D eigenvalue weighted by atomic mass is 19.4. The molecular weight excluding hydrogens is 440 g/mol. The summed E-state index contributed by atoms with van der Waals surface area (Å²) < 4.78 is 63.2. The third kappa shape index (κ3) is 5.19. The van der Waals surface area contributed by atoms with Gasteiger partial charge in [-0.3, -0.25) is 4.79 Å². The largest absolute Gasteiger partial charge is 0.496 e. The number of benzene rings is 3. The van der Waals surface area contributed by atoms with Crippen LogP contribution in [-0.4, -0.2) is 40.4 Å². The smallest absolute Gasteiger partial charge is 0.471 e. The summed E-state index contributed by atoms with van der Waals surface area (Å²) in [4.78, 5) is 13.1. The fraction of sp³-hybridized carbons (Fsp3) is 0.208. The molecule has 0 aromatic heterocycles. The molecule has 0 saturated heterocycles. The molecule has 0 aliphatic rings. The minimum absolute atomic E-state index is 0.0738. The van der Waals surface area contributed by atoms with Gasteiger partial charge in [-0.15, -0.1) is 0 Å². The first-order valence-electron chi connectivity index (χ1n) is 9.77. The van der Waals surface area contributed by atoms with Gasteiger partial charge in [0.2, 0.25) is 0 Å². The minimum Gasteiger partial charge on any atom is -0.496 e. The molecule has 0 bridgehead atoms. The molecule has 0 heterocycles. The topological polar surface area (TPSA) is 50.8 Å². The van der Waals surface area contributed by atoms with E-state index in [2.05, 4.69) is 0 Å². The highest BCUT2D eigenvalue weighted by molar-refractivity contribution is 5.95. The van der Waals surface area contributed by atoms with Gasteiger partial charge in [-0.25, -0.2) is 4.39 Å². The number of methoxy groups -OCH3 is 2. The SMILES string of the molecule is COc1cc(-c2ccc(NC(=O)C(F)(F)F)cc2F)c(OC)cc1-c1ccc(N(C)C)cc1. The summed E-state index contributed by atoms with van der Waals surface area (Å²) in [5, 5.41) is 1.63. The number of hydrogen-bond donors (Lipinski definition) is 1.